The second-order valence-electron chi connectivity index (χ2n) is 12.7. The van der Waals surface area contributed by atoms with Gasteiger partial charge in [-0.3, -0.25) is 0 Å². The summed E-state index contributed by atoms with van der Waals surface area (Å²) in [7, 11) is 0. The lowest BCUT2D eigenvalue weighted by Gasteiger charge is -2.33. The minimum Gasteiger partial charge on any atom is -0.323 e. The topological polar surface area (TPSA) is 30.7 Å². The van der Waals surface area contributed by atoms with Crippen LogP contribution in [-0.2, 0) is 5.41 Å². The summed E-state index contributed by atoms with van der Waals surface area (Å²) in [4.78, 5) is 10.2. The average molecular weight is 590 g/mol. The number of nitrogens with zero attached hydrogens (tertiary/aromatic N) is 3. The maximum Gasteiger partial charge on any atom is 0.160 e. The molecule has 0 amide bonds. The largest absolute Gasteiger partial charge is 0.323 e. The predicted octanol–water partition coefficient (Wildman–Crippen LogP) is 8.69. The van der Waals surface area contributed by atoms with Crippen molar-refractivity contribution in [1.82, 2.24) is 14.5 Å². The fourth-order valence-electron chi connectivity index (χ4n) is 7.52. The molecule has 218 valence electrons. The van der Waals surface area contributed by atoms with Crippen LogP contribution in [0.1, 0.15) is 25.0 Å². The highest BCUT2D eigenvalue weighted by Crippen LogP contribution is 2.50. The first-order valence-corrected chi connectivity index (χ1v) is 15.8. The molecule has 1 aromatic heterocycles. The van der Waals surface area contributed by atoms with Gasteiger partial charge in [-0.1, -0.05) is 117 Å². The number of hydrogen-bond donors (Lipinski definition) is 0. The Hall–Kier alpha value is -5.80. The standard InChI is InChI=1S/C43H31N3/c1-43(2)40-32(23-30-17-9-10-18-34(30)40)25-33-24-31-21-22-46(27-36(31)41(33)43)39-20-12-11-19-35(39)38-26-37(28-13-5-3-6-14-28)44-42(45-38)29-15-7-4-8-16-29/h3-27H,1-2H3. The maximum atomic E-state index is 5.15. The first-order chi connectivity index (χ1) is 22.5. The zero-order chi connectivity index (χ0) is 30.8. The van der Waals surface area contributed by atoms with E-state index in [2.05, 4.69) is 146 Å². The minimum absolute atomic E-state index is 0.148. The van der Waals surface area contributed by atoms with E-state index in [1.54, 1.807) is 0 Å². The number of allylic oxidation sites excluding steroid dienone is 1. The van der Waals surface area contributed by atoms with Crippen LogP contribution >= 0.6 is 0 Å². The highest BCUT2D eigenvalue weighted by atomic mass is 15.0. The summed E-state index contributed by atoms with van der Waals surface area (Å²) in [5, 5.41) is 2.66. The average Bonchev–Trinajstić information content (AvgIpc) is 3.67. The fourth-order valence-corrected chi connectivity index (χ4v) is 7.52. The van der Waals surface area contributed by atoms with Crippen molar-refractivity contribution in [3.63, 3.8) is 0 Å². The van der Waals surface area contributed by atoms with Gasteiger partial charge in [0, 0.05) is 40.1 Å². The molecule has 1 aliphatic heterocycles. The molecule has 3 aliphatic carbocycles. The van der Waals surface area contributed by atoms with Gasteiger partial charge in [0.25, 0.3) is 0 Å². The van der Waals surface area contributed by atoms with Crippen LogP contribution in [0.5, 0.6) is 0 Å². The number of para-hydroxylation sites is 1. The van der Waals surface area contributed by atoms with Crippen LogP contribution < -0.4 is 10.4 Å². The Labute approximate surface area is 268 Å². The zero-order valence-corrected chi connectivity index (χ0v) is 25.8. The summed E-state index contributed by atoms with van der Waals surface area (Å²) in [5.74, 6) is 0.715. The van der Waals surface area contributed by atoms with Crippen molar-refractivity contribution in [2.24, 2.45) is 0 Å². The lowest BCUT2D eigenvalue weighted by molar-refractivity contribution is 0.689. The zero-order valence-electron chi connectivity index (χ0n) is 25.8. The molecule has 4 aromatic carbocycles. The molecular formula is C43H31N3. The first kappa shape index (κ1) is 26.6. The van der Waals surface area contributed by atoms with Gasteiger partial charge in [-0.25, -0.2) is 9.97 Å². The molecule has 0 fully saturated rings. The second kappa shape index (κ2) is 10.1. The van der Waals surface area contributed by atoms with Crippen LogP contribution in [0.3, 0.4) is 0 Å². The van der Waals surface area contributed by atoms with Crippen molar-refractivity contribution >= 4 is 17.7 Å². The van der Waals surface area contributed by atoms with Crippen LogP contribution in [0.4, 0.5) is 0 Å². The molecule has 0 saturated carbocycles. The van der Waals surface area contributed by atoms with E-state index in [1.165, 1.54) is 43.8 Å². The van der Waals surface area contributed by atoms with Crippen molar-refractivity contribution in [2.75, 3.05) is 0 Å². The molecule has 5 aromatic rings. The number of benzene rings is 4. The van der Waals surface area contributed by atoms with Crippen LogP contribution in [-0.4, -0.2) is 14.5 Å². The van der Waals surface area contributed by atoms with Crippen molar-refractivity contribution in [1.29, 1.82) is 0 Å². The molecule has 0 unspecified atom stereocenters. The van der Waals surface area contributed by atoms with Crippen molar-refractivity contribution in [2.45, 2.75) is 19.3 Å². The smallest absolute Gasteiger partial charge is 0.160 e. The lowest BCUT2D eigenvalue weighted by Crippen LogP contribution is -2.31. The van der Waals surface area contributed by atoms with Gasteiger partial charge < -0.3 is 4.57 Å². The number of rotatable bonds is 4. The van der Waals surface area contributed by atoms with Gasteiger partial charge in [-0.15, -0.1) is 0 Å². The Bertz CT molecular complexity index is 2370. The highest BCUT2D eigenvalue weighted by Gasteiger charge is 2.38. The first-order valence-electron chi connectivity index (χ1n) is 15.8. The molecule has 0 atom stereocenters. The SMILES string of the molecule is CC1(C)C2=c3ccccc3=CC2=Cc2cc3ccn(-c4ccccc4-c4cc(-c5ccccc5)nc(-c5ccccc5)n4)cc-3c21. The third-order valence-electron chi connectivity index (χ3n) is 9.54. The third-order valence-corrected chi connectivity index (χ3v) is 9.54. The fraction of sp³-hybridized carbons (Fsp3) is 0.0698. The van der Waals surface area contributed by atoms with Gasteiger partial charge >= 0.3 is 0 Å². The third kappa shape index (κ3) is 4.13. The van der Waals surface area contributed by atoms with Crippen LogP contribution in [0.25, 0.3) is 68.4 Å². The number of fused-ring (bicyclic) bond motifs is 5. The summed E-state index contributed by atoms with van der Waals surface area (Å²) >= 11 is 0. The lowest BCUT2D eigenvalue weighted by atomic mass is 9.70. The predicted molar refractivity (Wildman–Crippen MR) is 189 cm³/mol. The molecule has 2 heterocycles. The van der Waals surface area contributed by atoms with Gasteiger partial charge in [-0.2, -0.15) is 0 Å². The molecule has 0 N–H and O–H groups in total. The molecule has 3 nitrogen and oxygen atoms in total. The Balaban J connectivity index is 1.23. The van der Waals surface area contributed by atoms with Gasteiger partial charge in [0.15, 0.2) is 5.82 Å². The van der Waals surface area contributed by atoms with E-state index in [0.717, 1.165) is 33.8 Å². The van der Waals surface area contributed by atoms with Gasteiger partial charge in [0.2, 0.25) is 0 Å². The molecule has 3 heteroatoms. The quantitative estimate of drug-likeness (QED) is 0.206. The van der Waals surface area contributed by atoms with Crippen molar-refractivity contribution in [3.8, 4) is 50.7 Å². The van der Waals surface area contributed by atoms with E-state index >= 15 is 0 Å². The highest BCUT2D eigenvalue weighted by molar-refractivity contribution is 6.00. The van der Waals surface area contributed by atoms with Crippen molar-refractivity contribution < 1.29 is 0 Å². The van der Waals surface area contributed by atoms with Crippen molar-refractivity contribution in [3.05, 3.63) is 167 Å². The van der Waals surface area contributed by atoms with E-state index in [1.807, 2.05) is 24.3 Å². The molecule has 0 spiro atoms. The maximum absolute atomic E-state index is 5.15. The monoisotopic (exact) mass is 589 g/mol. The van der Waals surface area contributed by atoms with E-state index < -0.39 is 0 Å². The number of hydrogen-bond acceptors (Lipinski definition) is 2. The Morgan fingerprint density at radius 3 is 2.11 bits per heavy atom. The molecule has 46 heavy (non-hydrogen) atoms. The van der Waals surface area contributed by atoms with E-state index in [9.17, 15) is 0 Å². The van der Waals surface area contributed by atoms with Crippen LogP contribution in [0.15, 0.2) is 145 Å². The summed E-state index contributed by atoms with van der Waals surface area (Å²) in [6.45, 7) is 4.76. The van der Waals surface area contributed by atoms with Gasteiger partial charge in [-0.05, 0) is 74.7 Å². The molecule has 4 aliphatic rings. The van der Waals surface area contributed by atoms with Crippen LogP contribution in [0, 0.1) is 0 Å². The van der Waals surface area contributed by atoms with E-state index in [4.69, 9.17) is 9.97 Å². The summed E-state index contributed by atoms with van der Waals surface area (Å²) in [5.41, 5.74) is 13.8. The minimum atomic E-state index is -0.148. The molecule has 0 radical (unpaired) electrons. The number of pyridine rings is 1. The normalized spacial score (nSPS) is 14.3. The molecule has 9 rings (SSSR count). The Morgan fingerprint density at radius 1 is 0.587 bits per heavy atom. The van der Waals surface area contributed by atoms with Gasteiger partial charge in [0.05, 0.1) is 17.1 Å². The number of aromatic nitrogens is 3. The Kier molecular flexibility index (Phi) is 5.85. The molecule has 0 saturated heterocycles. The van der Waals surface area contributed by atoms with Gasteiger partial charge in [0.1, 0.15) is 0 Å². The van der Waals surface area contributed by atoms with E-state index in [-0.39, 0.29) is 5.41 Å². The second-order valence-corrected chi connectivity index (χ2v) is 12.7. The summed E-state index contributed by atoms with van der Waals surface area (Å²) in [6.07, 6.45) is 9.22. The Morgan fingerprint density at radius 2 is 1.28 bits per heavy atom. The van der Waals surface area contributed by atoms with Crippen LogP contribution in [0.2, 0.25) is 0 Å². The molecular weight excluding hydrogens is 558 g/mol. The summed E-state index contributed by atoms with van der Waals surface area (Å²) < 4.78 is 2.26. The molecule has 0 bridgehead atoms. The summed E-state index contributed by atoms with van der Waals surface area (Å²) in [6, 6.07) is 44.6. The van der Waals surface area contributed by atoms with E-state index in [0.29, 0.717) is 5.82 Å².